The van der Waals surface area contributed by atoms with Gasteiger partial charge in [-0.2, -0.15) is 11.8 Å². The summed E-state index contributed by atoms with van der Waals surface area (Å²) in [5.41, 5.74) is 1.96. The molecule has 0 N–H and O–H groups in total. The van der Waals surface area contributed by atoms with Crippen molar-refractivity contribution in [2.75, 3.05) is 48.6 Å². The first-order chi connectivity index (χ1) is 19.0. The van der Waals surface area contributed by atoms with Crippen LogP contribution in [0, 0.1) is 17.6 Å². The Balaban J connectivity index is 1.67. The molecule has 4 rings (SSSR count). The second kappa shape index (κ2) is 14.3. The third-order valence-electron chi connectivity index (χ3n) is 6.97. The Hall–Kier alpha value is -3.14. The Morgan fingerprint density at radius 3 is 2.49 bits per heavy atom. The predicted molar refractivity (Wildman–Crippen MR) is 153 cm³/mol. The monoisotopic (exact) mass is 557 g/mol. The zero-order valence-corrected chi connectivity index (χ0v) is 23.7. The van der Waals surface area contributed by atoms with Gasteiger partial charge in [-0.25, -0.2) is 23.7 Å². The van der Waals surface area contributed by atoms with Gasteiger partial charge in [0.25, 0.3) is 0 Å². The number of hydrogen-bond donors (Lipinski definition) is 0. The van der Waals surface area contributed by atoms with Gasteiger partial charge >= 0.3 is 0 Å². The van der Waals surface area contributed by atoms with E-state index in [0.29, 0.717) is 30.1 Å². The number of halogens is 2. The van der Waals surface area contributed by atoms with Crippen molar-refractivity contribution in [3.8, 4) is 11.6 Å². The molecular weight excluding hydrogens is 520 g/mol. The molecule has 0 spiro atoms. The first-order valence-corrected chi connectivity index (χ1v) is 14.8. The molecule has 10 heteroatoms. The molecule has 1 saturated carbocycles. The summed E-state index contributed by atoms with van der Waals surface area (Å²) in [6.45, 7) is 4.80. The highest BCUT2D eigenvalue weighted by Gasteiger charge is 2.23. The molecule has 39 heavy (non-hydrogen) atoms. The number of rotatable bonds is 14. The summed E-state index contributed by atoms with van der Waals surface area (Å²) in [7, 11) is 1.58. The van der Waals surface area contributed by atoms with Crippen molar-refractivity contribution in [3.63, 3.8) is 0 Å². The highest BCUT2D eigenvalue weighted by Crippen LogP contribution is 2.31. The van der Waals surface area contributed by atoms with E-state index in [0.717, 1.165) is 42.4 Å². The van der Waals surface area contributed by atoms with E-state index in [1.807, 2.05) is 18.4 Å². The lowest BCUT2D eigenvalue weighted by molar-refractivity contribution is 0.341. The summed E-state index contributed by atoms with van der Waals surface area (Å²) in [5, 5.41) is 0. The minimum absolute atomic E-state index is 0.0589. The molecular formula is C29H37F2N5O2S. The van der Waals surface area contributed by atoms with Gasteiger partial charge < -0.3 is 19.3 Å². The fraction of sp³-hybridized carbons (Fsp3) is 0.483. The quantitative estimate of drug-likeness (QED) is 0.220. The number of pyridine rings is 1. The van der Waals surface area contributed by atoms with Gasteiger partial charge in [-0.3, -0.25) is 0 Å². The molecule has 0 amide bonds. The van der Waals surface area contributed by atoms with Crippen LogP contribution in [0.2, 0.25) is 0 Å². The lowest BCUT2D eigenvalue weighted by atomic mass is 10.1. The Kier molecular flexibility index (Phi) is 10.6. The summed E-state index contributed by atoms with van der Waals surface area (Å²) in [6, 6.07) is 7.36. The third kappa shape index (κ3) is 7.94. The second-order valence-electron chi connectivity index (χ2n) is 9.66. The molecule has 1 fully saturated rings. The molecule has 0 saturated heterocycles. The fourth-order valence-corrected chi connectivity index (χ4v) is 5.18. The van der Waals surface area contributed by atoms with Crippen LogP contribution in [-0.4, -0.2) is 53.8 Å². The normalized spacial score (nSPS) is 13.5. The van der Waals surface area contributed by atoms with Crippen LogP contribution in [-0.2, 0) is 13.1 Å². The van der Waals surface area contributed by atoms with Crippen LogP contribution in [0.1, 0.15) is 43.9 Å². The molecule has 0 bridgehead atoms. The number of hydrogen-bond acceptors (Lipinski definition) is 8. The van der Waals surface area contributed by atoms with Crippen molar-refractivity contribution in [2.45, 2.75) is 45.7 Å². The Morgan fingerprint density at radius 2 is 1.79 bits per heavy atom. The number of anilines is 2. The van der Waals surface area contributed by atoms with Crippen LogP contribution in [0.15, 0.2) is 42.7 Å². The number of benzene rings is 1. The molecule has 3 aromatic rings. The Morgan fingerprint density at radius 1 is 1.03 bits per heavy atom. The van der Waals surface area contributed by atoms with Crippen LogP contribution < -0.4 is 19.3 Å². The number of thioether (sulfide) groups is 1. The van der Waals surface area contributed by atoms with Crippen LogP contribution in [0.5, 0.6) is 11.6 Å². The third-order valence-corrected chi connectivity index (χ3v) is 7.55. The van der Waals surface area contributed by atoms with E-state index in [1.165, 1.54) is 31.7 Å². The molecule has 1 aliphatic rings. The molecule has 1 aromatic carbocycles. The van der Waals surface area contributed by atoms with Crippen LogP contribution in [0.4, 0.5) is 20.4 Å². The lowest BCUT2D eigenvalue weighted by Gasteiger charge is -2.30. The fourth-order valence-electron chi connectivity index (χ4n) is 4.93. The molecule has 0 unspecified atom stereocenters. The van der Waals surface area contributed by atoms with Crippen molar-refractivity contribution in [1.29, 1.82) is 0 Å². The van der Waals surface area contributed by atoms with Gasteiger partial charge in [-0.05, 0) is 56.2 Å². The highest BCUT2D eigenvalue weighted by molar-refractivity contribution is 7.98. The Labute approximate surface area is 234 Å². The summed E-state index contributed by atoms with van der Waals surface area (Å²) < 4.78 is 39.9. The lowest BCUT2D eigenvalue weighted by Crippen LogP contribution is -2.31. The summed E-state index contributed by atoms with van der Waals surface area (Å²) >= 11 is 1.69. The zero-order valence-electron chi connectivity index (χ0n) is 22.9. The number of methoxy groups -OCH3 is 1. The molecule has 7 nitrogen and oxygen atoms in total. The van der Waals surface area contributed by atoms with E-state index < -0.39 is 11.6 Å². The minimum atomic E-state index is -0.501. The molecule has 2 aromatic heterocycles. The second-order valence-corrected chi connectivity index (χ2v) is 10.6. The van der Waals surface area contributed by atoms with Gasteiger partial charge in [-0.15, -0.1) is 0 Å². The van der Waals surface area contributed by atoms with Gasteiger partial charge in [0.05, 0.1) is 44.0 Å². The first kappa shape index (κ1) is 28.9. The van der Waals surface area contributed by atoms with Gasteiger partial charge in [0.1, 0.15) is 11.6 Å². The topological polar surface area (TPSA) is 63.6 Å². The minimum Gasteiger partial charge on any atom is -0.489 e. The van der Waals surface area contributed by atoms with Crippen molar-refractivity contribution >= 4 is 23.4 Å². The van der Waals surface area contributed by atoms with E-state index in [-0.39, 0.29) is 18.7 Å². The van der Waals surface area contributed by atoms with Crippen LogP contribution in [0.25, 0.3) is 0 Å². The molecule has 1 aliphatic carbocycles. The predicted octanol–water partition coefficient (Wildman–Crippen LogP) is 6.12. The van der Waals surface area contributed by atoms with E-state index in [2.05, 4.69) is 21.8 Å². The average Bonchev–Trinajstić information content (AvgIpc) is 3.47. The van der Waals surface area contributed by atoms with Crippen LogP contribution in [0.3, 0.4) is 0 Å². The number of aromatic nitrogens is 3. The van der Waals surface area contributed by atoms with Gasteiger partial charge in [-0.1, -0.05) is 12.8 Å². The smallest absolute Gasteiger partial charge is 0.226 e. The van der Waals surface area contributed by atoms with Crippen LogP contribution >= 0.6 is 11.8 Å². The first-order valence-electron chi connectivity index (χ1n) is 13.4. The van der Waals surface area contributed by atoms with E-state index in [9.17, 15) is 8.78 Å². The van der Waals surface area contributed by atoms with Crippen molar-refractivity contribution in [1.82, 2.24) is 15.0 Å². The zero-order chi connectivity index (χ0) is 27.6. The van der Waals surface area contributed by atoms with Gasteiger partial charge in [0.2, 0.25) is 11.8 Å². The van der Waals surface area contributed by atoms with Crippen molar-refractivity contribution in [3.05, 3.63) is 65.6 Å². The highest BCUT2D eigenvalue weighted by atomic mass is 32.2. The number of ether oxygens (including phenoxy) is 2. The van der Waals surface area contributed by atoms with Crippen molar-refractivity contribution < 1.29 is 18.3 Å². The number of nitrogens with zero attached hydrogens (tertiary/aromatic N) is 5. The molecule has 0 radical (unpaired) electrons. The van der Waals surface area contributed by atoms with Gasteiger partial charge in [0.15, 0.2) is 5.75 Å². The van der Waals surface area contributed by atoms with Crippen molar-refractivity contribution in [2.24, 2.45) is 5.92 Å². The summed E-state index contributed by atoms with van der Waals surface area (Å²) in [6.07, 6.45) is 10.3. The SMILES string of the molecule is CCN(CC1CCCC1)c1ccc(OC)nc1CN(Cc1cc(F)ccc1F)c1ncc(OCCSC)cn1. The standard InChI is InChI=1S/C29H37F2N5O2S/c1-4-35(18-21-7-5-6-8-21)27-11-12-28(37-2)34-26(27)20-36(19-22-15-23(30)9-10-25(22)31)29-32-16-24(17-33-29)38-13-14-39-3/h9-12,15-17,21H,4-8,13-14,18-20H2,1-3H3. The molecule has 210 valence electrons. The maximum Gasteiger partial charge on any atom is 0.226 e. The molecule has 2 heterocycles. The molecule has 0 atom stereocenters. The summed E-state index contributed by atoms with van der Waals surface area (Å²) in [4.78, 5) is 18.0. The largest absolute Gasteiger partial charge is 0.489 e. The summed E-state index contributed by atoms with van der Waals surface area (Å²) in [5.74, 6) is 1.92. The maximum absolute atomic E-state index is 14.7. The average molecular weight is 558 g/mol. The van der Waals surface area contributed by atoms with E-state index in [4.69, 9.17) is 14.5 Å². The Bertz CT molecular complexity index is 1190. The van der Waals surface area contributed by atoms with E-state index >= 15 is 0 Å². The maximum atomic E-state index is 14.7. The molecule has 0 aliphatic heterocycles. The van der Waals surface area contributed by atoms with Gasteiger partial charge in [0, 0.05) is 37.0 Å². The van der Waals surface area contributed by atoms with E-state index in [1.54, 1.807) is 36.2 Å².